The van der Waals surface area contributed by atoms with Crippen molar-refractivity contribution in [3.05, 3.63) is 98.7 Å². The molecule has 0 bridgehead atoms. The van der Waals surface area contributed by atoms with E-state index in [-0.39, 0.29) is 23.4 Å². The summed E-state index contributed by atoms with van der Waals surface area (Å²) in [6, 6.07) is 17.9. The number of ether oxygens (including phenoxy) is 2. The largest absolute Gasteiger partial charge is 0.496 e. The molecule has 1 unspecified atom stereocenters. The molecule has 0 saturated heterocycles. The van der Waals surface area contributed by atoms with Crippen LogP contribution in [-0.2, 0) is 17.6 Å². The minimum absolute atomic E-state index is 0.0865. The Hall–Kier alpha value is -4.38. The fraction of sp³-hybridized carbons (Fsp3) is 0.250. The molecule has 0 saturated carbocycles. The Kier molecular flexibility index (Phi) is 9.53. The van der Waals surface area contributed by atoms with Gasteiger partial charge in [0, 0.05) is 36.8 Å². The van der Waals surface area contributed by atoms with E-state index >= 15 is 0 Å². The number of methoxy groups -OCH3 is 1. The minimum atomic E-state index is -1.21. The smallest absolute Gasteiger partial charge is 0.412 e. The molecule has 10 nitrogen and oxygen atoms in total. The Bertz CT molecular complexity index is 1750. The van der Waals surface area contributed by atoms with E-state index in [0.29, 0.717) is 48.2 Å². The average molecular weight is 637 g/mol. The molecule has 44 heavy (non-hydrogen) atoms. The van der Waals surface area contributed by atoms with Gasteiger partial charge in [0.15, 0.2) is 0 Å². The lowest BCUT2D eigenvalue weighted by atomic mass is 9.87. The molecular formula is C32H31Cl2N5O5. The fourth-order valence-electron chi connectivity index (χ4n) is 5.54. The van der Waals surface area contributed by atoms with Gasteiger partial charge >= 0.3 is 18.1 Å². The third-order valence-electron chi connectivity index (χ3n) is 7.53. The number of anilines is 1. The molecule has 4 N–H and O–H groups in total. The standard InChI is InChI=1S/C32H31Cl2N5O5/c1-18-13-27(21-5-3-4-6-26(21)37-18)38-32(42)36-10-12-39-11-9-20-16-29(43-2)23(30(40)44-31(35)41)17-22(20)28(39)15-19-7-8-24(33)25(34)14-19/h3-8,13-14,16-17,28H,9-12,15H2,1-2H3,(H2,35,41)(H2,36,37,38,42). The van der Waals surface area contributed by atoms with Crippen molar-refractivity contribution in [3.8, 4) is 5.75 Å². The zero-order chi connectivity index (χ0) is 31.4. The highest BCUT2D eigenvalue weighted by Crippen LogP contribution is 2.37. The first-order chi connectivity index (χ1) is 21.1. The normalized spacial score (nSPS) is 14.5. The number of halogens is 2. The predicted molar refractivity (Wildman–Crippen MR) is 170 cm³/mol. The molecular weight excluding hydrogens is 605 g/mol. The van der Waals surface area contributed by atoms with Crippen molar-refractivity contribution in [1.82, 2.24) is 15.2 Å². The Morgan fingerprint density at radius 3 is 2.61 bits per heavy atom. The van der Waals surface area contributed by atoms with Crippen LogP contribution in [0.1, 0.15) is 38.8 Å². The number of nitrogens with zero attached hydrogens (tertiary/aromatic N) is 2. The van der Waals surface area contributed by atoms with Gasteiger partial charge in [-0.2, -0.15) is 0 Å². The molecule has 0 radical (unpaired) electrons. The first-order valence-electron chi connectivity index (χ1n) is 13.9. The van der Waals surface area contributed by atoms with E-state index in [1.54, 1.807) is 18.2 Å². The number of aromatic nitrogens is 1. The number of aryl methyl sites for hydroxylation is 1. The molecule has 3 amide bonds. The van der Waals surface area contributed by atoms with Crippen molar-refractivity contribution in [1.29, 1.82) is 0 Å². The maximum absolute atomic E-state index is 12.9. The number of hydrogen-bond donors (Lipinski definition) is 3. The molecule has 228 valence electrons. The summed E-state index contributed by atoms with van der Waals surface area (Å²) in [4.78, 5) is 43.8. The molecule has 1 aromatic heterocycles. The van der Waals surface area contributed by atoms with Crippen LogP contribution in [0.25, 0.3) is 10.9 Å². The second kappa shape index (κ2) is 13.5. The number of carbonyl (C=O) groups is 3. The van der Waals surface area contributed by atoms with Crippen LogP contribution in [0, 0.1) is 6.92 Å². The number of rotatable bonds is 8. The molecule has 1 aliphatic rings. The van der Waals surface area contributed by atoms with Crippen LogP contribution in [-0.4, -0.2) is 54.7 Å². The van der Waals surface area contributed by atoms with Crippen LogP contribution in [0.3, 0.4) is 0 Å². The van der Waals surface area contributed by atoms with E-state index in [1.165, 1.54) is 7.11 Å². The lowest BCUT2D eigenvalue weighted by molar-refractivity contribution is 0.0634. The summed E-state index contributed by atoms with van der Waals surface area (Å²) in [7, 11) is 1.44. The minimum Gasteiger partial charge on any atom is -0.496 e. The van der Waals surface area contributed by atoms with Crippen molar-refractivity contribution >= 4 is 57.9 Å². The Morgan fingerprint density at radius 2 is 1.86 bits per heavy atom. The van der Waals surface area contributed by atoms with Crippen molar-refractivity contribution in [2.24, 2.45) is 5.73 Å². The fourth-order valence-corrected chi connectivity index (χ4v) is 5.86. The van der Waals surface area contributed by atoms with Gasteiger partial charge in [0.05, 0.1) is 28.4 Å². The zero-order valence-corrected chi connectivity index (χ0v) is 25.7. The van der Waals surface area contributed by atoms with Gasteiger partial charge in [0.1, 0.15) is 11.3 Å². The van der Waals surface area contributed by atoms with Crippen LogP contribution in [0.15, 0.2) is 60.7 Å². The number of benzene rings is 3. The molecule has 4 aromatic rings. The lowest BCUT2D eigenvalue weighted by Crippen LogP contribution is -2.42. The van der Waals surface area contributed by atoms with Gasteiger partial charge in [-0.15, -0.1) is 0 Å². The van der Waals surface area contributed by atoms with Crippen molar-refractivity contribution in [3.63, 3.8) is 0 Å². The highest BCUT2D eigenvalue weighted by molar-refractivity contribution is 6.42. The van der Waals surface area contributed by atoms with Gasteiger partial charge in [-0.05, 0) is 72.9 Å². The van der Waals surface area contributed by atoms with Crippen LogP contribution >= 0.6 is 23.2 Å². The molecule has 12 heteroatoms. The Labute approximate surface area is 264 Å². The van der Waals surface area contributed by atoms with E-state index in [2.05, 4.69) is 25.3 Å². The number of nitrogens with two attached hydrogens (primary N) is 1. The van der Waals surface area contributed by atoms with Gasteiger partial charge in [-0.1, -0.05) is 47.5 Å². The third-order valence-corrected chi connectivity index (χ3v) is 8.27. The molecule has 0 fully saturated rings. The van der Waals surface area contributed by atoms with Gasteiger partial charge in [-0.3, -0.25) is 9.88 Å². The third kappa shape index (κ3) is 7.05. The topological polar surface area (TPSA) is 136 Å². The SMILES string of the molecule is COc1cc2c(cc1C(=O)OC(N)=O)C(Cc1ccc(Cl)c(Cl)c1)N(CCNC(=O)Nc1cc(C)nc3ccccc13)CC2. The number of esters is 1. The molecule has 2 heterocycles. The van der Waals surface area contributed by atoms with Crippen LogP contribution in [0.5, 0.6) is 5.75 Å². The number of nitrogens with one attached hydrogen (secondary N) is 2. The molecule has 3 aromatic carbocycles. The van der Waals surface area contributed by atoms with Crippen LogP contribution < -0.4 is 21.1 Å². The molecule has 0 spiro atoms. The summed E-state index contributed by atoms with van der Waals surface area (Å²) in [5.74, 6) is -0.617. The average Bonchev–Trinajstić information content (AvgIpc) is 2.98. The van der Waals surface area contributed by atoms with E-state index in [0.717, 1.165) is 33.3 Å². The summed E-state index contributed by atoms with van der Waals surface area (Å²) < 4.78 is 10.1. The number of primary amides is 1. The second-order valence-electron chi connectivity index (χ2n) is 10.4. The van der Waals surface area contributed by atoms with Gasteiger partial charge < -0.3 is 25.8 Å². The van der Waals surface area contributed by atoms with Crippen LogP contribution in [0.2, 0.25) is 10.0 Å². The van der Waals surface area contributed by atoms with Crippen molar-refractivity contribution < 1.29 is 23.9 Å². The number of carbonyl (C=O) groups excluding carboxylic acids is 3. The summed E-state index contributed by atoms with van der Waals surface area (Å²) in [6.07, 6.45) is 0.00102. The zero-order valence-electron chi connectivity index (χ0n) is 24.2. The molecule has 1 aliphatic heterocycles. The second-order valence-corrected chi connectivity index (χ2v) is 11.2. The molecule has 1 atom stereocenters. The van der Waals surface area contributed by atoms with E-state index < -0.39 is 12.1 Å². The number of hydrogen-bond acceptors (Lipinski definition) is 7. The number of para-hydroxylation sites is 1. The van der Waals surface area contributed by atoms with Gasteiger partial charge in [0.25, 0.3) is 0 Å². The number of pyridine rings is 1. The van der Waals surface area contributed by atoms with Gasteiger partial charge in [0.2, 0.25) is 0 Å². The lowest BCUT2D eigenvalue weighted by Gasteiger charge is -2.38. The first kappa shape index (κ1) is 31.1. The van der Waals surface area contributed by atoms with Crippen molar-refractivity contribution in [2.45, 2.75) is 25.8 Å². The maximum atomic E-state index is 12.9. The van der Waals surface area contributed by atoms with Crippen molar-refractivity contribution in [2.75, 3.05) is 32.1 Å². The first-order valence-corrected chi connectivity index (χ1v) is 14.7. The summed E-state index contributed by atoms with van der Waals surface area (Å²) >= 11 is 12.5. The van der Waals surface area contributed by atoms with E-state index in [4.69, 9.17) is 33.7 Å². The maximum Gasteiger partial charge on any atom is 0.412 e. The quantitative estimate of drug-likeness (QED) is 0.158. The summed E-state index contributed by atoms with van der Waals surface area (Å²) in [6.45, 7) is 3.44. The monoisotopic (exact) mass is 635 g/mol. The Balaban J connectivity index is 1.37. The van der Waals surface area contributed by atoms with Crippen LogP contribution in [0.4, 0.5) is 15.3 Å². The highest BCUT2D eigenvalue weighted by atomic mass is 35.5. The van der Waals surface area contributed by atoms with E-state index in [1.807, 2.05) is 49.4 Å². The van der Waals surface area contributed by atoms with Gasteiger partial charge in [-0.25, -0.2) is 14.4 Å². The number of amides is 3. The highest BCUT2D eigenvalue weighted by Gasteiger charge is 2.31. The number of fused-ring (bicyclic) bond motifs is 2. The summed E-state index contributed by atoms with van der Waals surface area (Å²) in [5.41, 5.74) is 10.3. The molecule has 0 aliphatic carbocycles. The molecule has 5 rings (SSSR count). The summed E-state index contributed by atoms with van der Waals surface area (Å²) in [5, 5.41) is 7.65. The Morgan fingerprint density at radius 1 is 1.07 bits per heavy atom. The predicted octanol–water partition coefficient (Wildman–Crippen LogP) is 6.06. The van der Waals surface area contributed by atoms with E-state index in [9.17, 15) is 14.4 Å². The number of urea groups is 1.